The Morgan fingerprint density at radius 1 is 0.800 bits per heavy atom. The highest BCUT2D eigenvalue weighted by atomic mass is 16.5. The molecule has 2 bridgehead atoms. The number of fused-ring (bicyclic) bond motifs is 3. The van der Waals surface area contributed by atoms with Gasteiger partial charge in [0.2, 0.25) is 0 Å². The molecular formula is C11H21N3O. The molecule has 0 aromatic rings. The zero-order valence-corrected chi connectivity index (χ0v) is 9.17. The van der Waals surface area contributed by atoms with Crippen molar-refractivity contribution in [2.24, 2.45) is 11.8 Å². The second-order valence-electron chi connectivity index (χ2n) is 5.17. The highest BCUT2D eigenvalue weighted by Crippen LogP contribution is 2.22. The van der Waals surface area contributed by atoms with E-state index in [1.807, 2.05) is 0 Å². The minimum absolute atomic E-state index is 0.818. The highest BCUT2D eigenvalue weighted by molar-refractivity contribution is 4.95. The van der Waals surface area contributed by atoms with Crippen LogP contribution in [0.3, 0.4) is 0 Å². The average Bonchev–Trinajstić information content (AvgIpc) is 2.79. The van der Waals surface area contributed by atoms with Gasteiger partial charge in [0.05, 0.1) is 13.2 Å². The molecule has 3 N–H and O–H groups in total. The van der Waals surface area contributed by atoms with E-state index < -0.39 is 0 Å². The second-order valence-corrected chi connectivity index (χ2v) is 5.17. The molecule has 15 heavy (non-hydrogen) atoms. The summed E-state index contributed by atoms with van der Waals surface area (Å²) in [7, 11) is 0. The molecule has 5 fully saturated rings. The lowest BCUT2D eigenvalue weighted by atomic mass is 9.93. The maximum absolute atomic E-state index is 5.27. The van der Waals surface area contributed by atoms with Gasteiger partial charge in [0.1, 0.15) is 0 Å². The largest absolute Gasteiger partial charge is 0.381 e. The molecule has 5 saturated heterocycles. The van der Waals surface area contributed by atoms with E-state index in [-0.39, 0.29) is 0 Å². The minimum atomic E-state index is 0.818. The van der Waals surface area contributed by atoms with Crippen LogP contribution >= 0.6 is 0 Å². The van der Waals surface area contributed by atoms with Crippen LogP contribution in [-0.4, -0.2) is 51.5 Å². The fourth-order valence-electron chi connectivity index (χ4n) is 2.92. The van der Waals surface area contributed by atoms with E-state index in [4.69, 9.17) is 4.74 Å². The number of piperidine rings is 1. The Morgan fingerprint density at radius 3 is 1.73 bits per heavy atom. The predicted molar refractivity (Wildman–Crippen MR) is 58.9 cm³/mol. The third-order valence-electron chi connectivity index (χ3n) is 3.97. The molecule has 4 atom stereocenters. The van der Waals surface area contributed by atoms with Gasteiger partial charge in [0.25, 0.3) is 0 Å². The van der Waals surface area contributed by atoms with Crippen molar-refractivity contribution in [3.8, 4) is 0 Å². The minimum Gasteiger partial charge on any atom is -0.381 e. The topological polar surface area (TPSA) is 45.3 Å². The van der Waals surface area contributed by atoms with Gasteiger partial charge in [-0.15, -0.1) is 0 Å². The summed E-state index contributed by atoms with van der Waals surface area (Å²) >= 11 is 0. The Morgan fingerprint density at radius 2 is 1.33 bits per heavy atom. The first-order valence-electron chi connectivity index (χ1n) is 6.17. The van der Waals surface area contributed by atoms with Crippen molar-refractivity contribution in [1.29, 1.82) is 0 Å². The van der Waals surface area contributed by atoms with Crippen molar-refractivity contribution in [1.82, 2.24) is 16.0 Å². The van der Waals surface area contributed by atoms with Crippen LogP contribution in [0, 0.1) is 11.8 Å². The molecule has 4 heteroatoms. The first-order valence-corrected chi connectivity index (χ1v) is 6.17. The van der Waals surface area contributed by atoms with E-state index in [0.29, 0.717) is 0 Å². The second kappa shape index (κ2) is 4.37. The van der Waals surface area contributed by atoms with Gasteiger partial charge in [0.15, 0.2) is 0 Å². The fourth-order valence-corrected chi connectivity index (χ4v) is 2.92. The molecule has 5 aliphatic heterocycles. The number of hydrogen-bond acceptors (Lipinski definition) is 4. The lowest BCUT2D eigenvalue weighted by molar-refractivity contribution is 0.175. The van der Waals surface area contributed by atoms with Crippen LogP contribution < -0.4 is 16.0 Å². The molecule has 0 aliphatic carbocycles. The van der Waals surface area contributed by atoms with E-state index in [9.17, 15) is 0 Å². The summed E-state index contributed by atoms with van der Waals surface area (Å²) in [4.78, 5) is 0. The molecule has 4 unspecified atom stereocenters. The monoisotopic (exact) mass is 211 g/mol. The van der Waals surface area contributed by atoms with E-state index in [2.05, 4.69) is 16.0 Å². The number of nitrogens with one attached hydrogen (secondary N) is 3. The molecule has 5 aliphatic rings. The SMILES string of the molecule is C1NCC2CC1N2.C1NCC2COCC12. The molecule has 0 aromatic heterocycles. The first-order chi connectivity index (χ1) is 7.42. The molecule has 5 heterocycles. The molecule has 4 nitrogen and oxygen atoms in total. The first kappa shape index (κ1) is 10.0. The standard InChI is InChI=1S/C6H11NO.C5H10N2/c1-5-3-8-4-6(5)2-7-1;1-4-2-6-3-5(1)7-4/h5-7H,1-4H2;4-7H,1-3H2. The maximum Gasteiger partial charge on any atom is 0.0510 e. The summed E-state index contributed by atoms with van der Waals surface area (Å²) in [6.07, 6.45) is 1.41. The molecule has 86 valence electrons. The Hall–Kier alpha value is -0.160. The van der Waals surface area contributed by atoms with Crippen molar-refractivity contribution in [3.63, 3.8) is 0 Å². The van der Waals surface area contributed by atoms with Crippen LogP contribution in [0.5, 0.6) is 0 Å². The fraction of sp³-hybridized carbons (Fsp3) is 1.00. The van der Waals surface area contributed by atoms with Crippen LogP contribution in [0.15, 0.2) is 0 Å². The van der Waals surface area contributed by atoms with Crippen molar-refractivity contribution in [2.75, 3.05) is 39.4 Å². The quantitative estimate of drug-likeness (QED) is 0.489. The van der Waals surface area contributed by atoms with E-state index in [1.54, 1.807) is 0 Å². The Kier molecular flexibility index (Phi) is 2.92. The average molecular weight is 211 g/mol. The van der Waals surface area contributed by atoms with Crippen LogP contribution in [0.25, 0.3) is 0 Å². The maximum atomic E-state index is 5.27. The lowest BCUT2D eigenvalue weighted by Gasteiger charge is -2.42. The molecule has 0 amide bonds. The number of rotatable bonds is 0. The summed E-state index contributed by atoms with van der Waals surface area (Å²) in [6, 6.07) is 1.64. The van der Waals surface area contributed by atoms with E-state index in [1.165, 1.54) is 32.6 Å². The molecule has 0 radical (unpaired) electrons. The Balaban J connectivity index is 0.0000000971. The lowest BCUT2D eigenvalue weighted by Crippen LogP contribution is -2.65. The highest BCUT2D eigenvalue weighted by Gasteiger charge is 2.32. The van der Waals surface area contributed by atoms with Crippen LogP contribution in [-0.2, 0) is 4.74 Å². The number of hydrogen-bond donors (Lipinski definition) is 3. The number of ether oxygens (including phenoxy) is 1. The van der Waals surface area contributed by atoms with Gasteiger partial charge in [0, 0.05) is 50.1 Å². The van der Waals surface area contributed by atoms with E-state index >= 15 is 0 Å². The van der Waals surface area contributed by atoms with Gasteiger partial charge >= 0.3 is 0 Å². The summed E-state index contributed by atoms with van der Waals surface area (Å²) in [6.45, 7) is 6.75. The van der Waals surface area contributed by atoms with Gasteiger partial charge in [-0.25, -0.2) is 0 Å². The third-order valence-corrected chi connectivity index (χ3v) is 3.97. The molecule has 0 spiro atoms. The van der Waals surface area contributed by atoms with Gasteiger partial charge in [-0.3, -0.25) is 0 Å². The summed E-state index contributed by atoms with van der Waals surface area (Å²) < 4.78 is 5.27. The van der Waals surface area contributed by atoms with Crippen molar-refractivity contribution in [2.45, 2.75) is 18.5 Å². The molecular weight excluding hydrogens is 190 g/mol. The summed E-state index contributed by atoms with van der Waals surface area (Å²) in [5.74, 6) is 1.69. The van der Waals surface area contributed by atoms with E-state index in [0.717, 1.165) is 37.1 Å². The Labute approximate surface area is 91.1 Å². The Bertz CT molecular complexity index is 184. The summed E-state index contributed by atoms with van der Waals surface area (Å²) in [5, 5.41) is 10.1. The molecule has 5 rings (SSSR count). The van der Waals surface area contributed by atoms with Crippen molar-refractivity contribution in [3.05, 3.63) is 0 Å². The zero-order chi connectivity index (χ0) is 10.1. The normalized spacial score (nSPS) is 46.4. The van der Waals surface area contributed by atoms with Crippen molar-refractivity contribution < 1.29 is 4.74 Å². The van der Waals surface area contributed by atoms with Gasteiger partial charge in [-0.05, 0) is 6.42 Å². The van der Waals surface area contributed by atoms with Crippen LogP contribution in [0.4, 0.5) is 0 Å². The van der Waals surface area contributed by atoms with Crippen LogP contribution in [0.2, 0.25) is 0 Å². The third kappa shape index (κ3) is 2.18. The van der Waals surface area contributed by atoms with Gasteiger partial charge < -0.3 is 20.7 Å². The number of piperazine rings is 1. The molecule has 0 aromatic carbocycles. The zero-order valence-electron chi connectivity index (χ0n) is 9.17. The van der Waals surface area contributed by atoms with Gasteiger partial charge in [-0.2, -0.15) is 0 Å². The molecule has 0 saturated carbocycles. The van der Waals surface area contributed by atoms with Crippen molar-refractivity contribution >= 4 is 0 Å². The smallest absolute Gasteiger partial charge is 0.0510 e. The van der Waals surface area contributed by atoms with Gasteiger partial charge in [-0.1, -0.05) is 0 Å². The predicted octanol–water partition coefficient (Wildman–Crippen LogP) is -0.828. The summed E-state index contributed by atoms with van der Waals surface area (Å²) in [5.41, 5.74) is 0. The van der Waals surface area contributed by atoms with Crippen LogP contribution in [0.1, 0.15) is 6.42 Å².